The van der Waals surface area contributed by atoms with E-state index in [1.807, 2.05) is 26.0 Å². The predicted molar refractivity (Wildman–Crippen MR) is 103 cm³/mol. The first-order valence-corrected chi connectivity index (χ1v) is 8.86. The highest BCUT2D eigenvalue weighted by Gasteiger charge is 2.06. The molecule has 2 N–H and O–H groups in total. The zero-order valence-corrected chi connectivity index (χ0v) is 15.9. The quantitative estimate of drug-likeness (QED) is 0.712. The lowest BCUT2D eigenvalue weighted by Crippen LogP contribution is -2.20. The molecule has 0 bridgehead atoms. The second-order valence-electron chi connectivity index (χ2n) is 5.63. The molecule has 25 heavy (non-hydrogen) atoms. The predicted octanol–water partition coefficient (Wildman–Crippen LogP) is 4.51. The topological polar surface area (TPSA) is 67.4 Å². The van der Waals surface area contributed by atoms with E-state index in [-0.39, 0.29) is 18.4 Å². The maximum absolute atomic E-state index is 12.0. The number of halogens is 1. The van der Waals surface area contributed by atoms with Gasteiger partial charge in [0.1, 0.15) is 5.75 Å². The largest absolute Gasteiger partial charge is 0.484 e. The average Bonchev–Trinajstić information content (AvgIpc) is 2.56. The second-order valence-corrected chi connectivity index (χ2v) is 6.48. The monoisotopic (exact) mass is 404 g/mol. The van der Waals surface area contributed by atoms with E-state index < -0.39 is 0 Å². The van der Waals surface area contributed by atoms with Crippen molar-refractivity contribution in [3.63, 3.8) is 0 Å². The van der Waals surface area contributed by atoms with Gasteiger partial charge >= 0.3 is 0 Å². The van der Waals surface area contributed by atoms with Gasteiger partial charge in [0.2, 0.25) is 5.91 Å². The second kappa shape index (κ2) is 9.22. The van der Waals surface area contributed by atoms with E-state index in [1.54, 1.807) is 30.3 Å². The fraction of sp³-hybridized carbons (Fsp3) is 0.263. The molecule has 0 unspecified atom stereocenters. The highest BCUT2D eigenvalue weighted by Crippen LogP contribution is 2.21. The van der Waals surface area contributed by atoms with Gasteiger partial charge in [-0.3, -0.25) is 9.59 Å². The van der Waals surface area contributed by atoms with Crippen LogP contribution in [-0.2, 0) is 9.59 Å². The third-order valence-corrected chi connectivity index (χ3v) is 4.30. The van der Waals surface area contributed by atoms with Gasteiger partial charge in [0.05, 0.1) is 0 Å². The molecule has 0 atom stereocenters. The minimum Gasteiger partial charge on any atom is -0.484 e. The number of hydrogen-bond acceptors (Lipinski definition) is 3. The summed E-state index contributed by atoms with van der Waals surface area (Å²) >= 11 is 3.42. The highest BCUT2D eigenvalue weighted by atomic mass is 79.9. The fourth-order valence-corrected chi connectivity index (χ4v) is 2.42. The Balaban J connectivity index is 1.89. The minimum absolute atomic E-state index is 0.0417. The van der Waals surface area contributed by atoms with Crippen molar-refractivity contribution < 1.29 is 14.3 Å². The van der Waals surface area contributed by atoms with Gasteiger partial charge in [0.25, 0.3) is 5.91 Å². The van der Waals surface area contributed by atoms with Crippen molar-refractivity contribution in [1.29, 1.82) is 0 Å². The van der Waals surface area contributed by atoms with Crippen molar-refractivity contribution in [2.24, 2.45) is 0 Å². The van der Waals surface area contributed by atoms with Crippen LogP contribution in [0, 0.1) is 6.92 Å². The number of nitrogens with one attached hydrogen (secondary N) is 2. The molecule has 5 nitrogen and oxygen atoms in total. The first-order chi connectivity index (χ1) is 12.0. The van der Waals surface area contributed by atoms with E-state index in [0.717, 1.165) is 16.5 Å². The van der Waals surface area contributed by atoms with Crippen LogP contribution in [-0.4, -0.2) is 18.4 Å². The van der Waals surface area contributed by atoms with Crippen LogP contribution in [0.1, 0.15) is 25.3 Å². The van der Waals surface area contributed by atoms with Gasteiger partial charge < -0.3 is 15.4 Å². The molecule has 0 aromatic heterocycles. The molecule has 0 saturated heterocycles. The smallest absolute Gasteiger partial charge is 0.262 e. The molecule has 0 aliphatic heterocycles. The average molecular weight is 405 g/mol. The molecular weight excluding hydrogens is 384 g/mol. The Morgan fingerprint density at radius 1 is 1.04 bits per heavy atom. The lowest BCUT2D eigenvalue weighted by Gasteiger charge is -2.10. The summed E-state index contributed by atoms with van der Waals surface area (Å²) < 4.78 is 6.49. The van der Waals surface area contributed by atoms with Crippen LogP contribution >= 0.6 is 15.9 Å². The Morgan fingerprint density at radius 2 is 1.72 bits per heavy atom. The molecule has 0 fully saturated rings. The van der Waals surface area contributed by atoms with E-state index in [1.165, 1.54) is 0 Å². The van der Waals surface area contributed by atoms with Crippen molar-refractivity contribution in [1.82, 2.24) is 0 Å². The van der Waals surface area contributed by atoms with E-state index in [9.17, 15) is 9.59 Å². The number of carbonyl (C=O) groups is 2. The summed E-state index contributed by atoms with van der Waals surface area (Å²) in [6.07, 6.45) is 1.26. The standard InChI is InChI=1S/C19H21BrN2O3/c1-3-5-18(23)21-14-6-4-7-15(11-14)22-19(24)12-25-16-8-9-17(20)13(2)10-16/h4,6-11H,3,5,12H2,1-2H3,(H,21,23)(H,22,24). The highest BCUT2D eigenvalue weighted by molar-refractivity contribution is 9.10. The summed E-state index contributed by atoms with van der Waals surface area (Å²) in [5, 5.41) is 5.56. The summed E-state index contributed by atoms with van der Waals surface area (Å²) in [5.74, 6) is 0.328. The lowest BCUT2D eigenvalue weighted by atomic mass is 10.2. The summed E-state index contributed by atoms with van der Waals surface area (Å²) in [7, 11) is 0. The van der Waals surface area contributed by atoms with Gasteiger partial charge in [-0.05, 0) is 55.3 Å². The minimum atomic E-state index is -0.266. The van der Waals surface area contributed by atoms with Crippen LogP contribution in [0.3, 0.4) is 0 Å². The van der Waals surface area contributed by atoms with Gasteiger partial charge in [-0.1, -0.05) is 28.9 Å². The van der Waals surface area contributed by atoms with Crippen molar-refractivity contribution in [2.45, 2.75) is 26.7 Å². The molecule has 6 heteroatoms. The third kappa shape index (κ3) is 6.23. The first kappa shape index (κ1) is 19.0. The van der Waals surface area contributed by atoms with Crippen molar-refractivity contribution in [2.75, 3.05) is 17.2 Å². The number of carbonyl (C=O) groups excluding carboxylic acids is 2. The SMILES string of the molecule is CCCC(=O)Nc1cccc(NC(=O)COc2ccc(Br)c(C)c2)c1. The molecule has 2 rings (SSSR count). The van der Waals surface area contributed by atoms with Crippen LogP contribution in [0.25, 0.3) is 0 Å². The number of anilines is 2. The Bertz CT molecular complexity index is 762. The number of ether oxygens (including phenoxy) is 1. The van der Waals surface area contributed by atoms with Crippen LogP contribution in [0.2, 0.25) is 0 Å². The first-order valence-electron chi connectivity index (χ1n) is 8.06. The number of benzene rings is 2. The van der Waals surface area contributed by atoms with Gasteiger partial charge in [0, 0.05) is 22.3 Å². The van der Waals surface area contributed by atoms with Crippen molar-refractivity contribution in [3.05, 3.63) is 52.5 Å². The molecule has 2 aromatic rings. The van der Waals surface area contributed by atoms with E-state index in [4.69, 9.17) is 4.74 Å². The van der Waals surface area contributed by atoms with Crippen molar-refractivity contribution in [3.8, 4) is 5.75 Å². The Hall–Kier alpha value is -2.34. The van der Waals surface area contributed by atoms with Crippen LogP contribution in [0.5, 0.6) is 5.75 Å². The molecule has 0 aliphatic rings. The Morgan fingerprint density at radius 3 is 2.36 bits per heavy atom. The molecule has 2 amide bonds. The van der Waals surface area contributed by atoms with E-state index in [2.05, 4.69) is 26.6 Å². The zero-order chi connectivity index (χ0) is 18.2. The number of aryl methyl sites for hydroxylation is 1. The molecule has 2 aromatic carbocycles. The van der Waals surface area contributed by atoms with Gasteiger partial charge in [-0.2, -0.15) is 0 Å². The van der Waals surface area contributed by atoms with Gasteiger partial charge in [0.15, 0.2) is 6.61 Å². The summed E-state index contributed by atoms with van der Waals surface area (Å²) in [5.41, 5.74) is 2.30. The van der Waals surface area contributed by atoms with Crippen LogP contribution < -0.4 is 15.4 Å². The molecule has 0 heterocycles. The summed E-state index contributed by atoms with van der Waals surface area (Å²) in [6.45, 7) is 3.81. The summed E-state index contributed by atoms with van der Waals surface area (Å²) in [4.78, 5) is 23.7. The maximum atomic E-state index is 12.0. The number of amides is 2. The van der Waals surface area contributed by atoms with Crippen LogP contribution in [0.15, 0.2) is 46.9 Å². The molecule has 0 saturated carbocycles. The molecule has 0 spiro atoms. The van der Waals surface area contributed by atoms with E-state index in [0.29, 0.717) is 23.5 Å². The van der Waals surface area contributed by atoms with E-state index >= 15 is 0 Å². The Kier molecular flexibility index (Phi) is 7.01. The fourth-order valence-electron chi connectivity index (χ4n) is 2.18. The normalized spacial score (nSPS) is 10.2. The third-order valence-electron chi connectivity index (χ3n) is 3.41. The van der Waals surface area contributed by atoms with Gasteiger partial charge in [-0.15, -0.1) is 0 Å². The zero-order valence-electron chi connectivity index (χ0n) is 14.3. The van der Waals surface area contributed by atoms with Crippen molar-refractivity contribution >= 4 is 39.1 Å². The Labute approximate surface area is 155 Å². The number of rotatable bonds is 7. The summed E-state index contributed by atoms with van der Waals surface area (Å²) in [6, 6.07) is 12.6. The van der Waals surface area contributed by atoms with Gasteiger partial charge in [-0.25, -0.2) is 0 Å². The molecule has 0 aliphatic carbocycles. The molecule has 0 radical (unpaired) electrons. The number of hydrogen-bond donors (Lipinski definition) is 2. The molecule has 132 valence electrons. The van der Waals surface area contributed by atoms with Crippen LogP contribution in [0.4, 0.5) is 11.4 Å². The maximum Gasteiger partial charge on any atom is 0.262 e. The lowest BCUT2D eigenvalue weighted by molar-refractivity contribution is -0.118. The molecular formula is C19H21BrN2O3.